The average Bonchev–Trinajstić information content (AvgIpc) is 3.24. The first-order valence-corrected chi connectivity index (χ1v) is 9.15. The third-order valence-electron chi connectivity index (χ3n) is 5.53. The van der Waals surface area contributed by atoms with Crippen LogP contribution in [-0.4, -0.2) is 11.9 Å². The first-order chi connectivity index (χ1) is 12.7. The molecule has 0 bridgehead atoms. The van der Waals surface area contributed by atoms with Crippen LogP contribution in [-0.2, 0) is 32.3 Å². The Bertz CT molecular complexity index is 771. The lowest BCUT2D eigenvalue weighted by Crippen LogP contribution is -2.21. The van der Waals surface area contributed by atoms with Crippen molar-refractivity contribution in [3.05, 3.63) is 71.8 Å². The standard InChI is InChI=1S/C22H22O4/c23-21(25-13-15-7-3-1-4-8-15)18-12-11-17-19(18)20(17)22(24)26-14-16-9-5-2-6-10-16/h1-10,17-20H,11-14H2. The van der Waals surface area contributed by atoms with Gasteiger partial charge in [0.2, 0.25) is 0 Å². The minimum absolute atomic E-state index is 0.0987. The molecule has 2 aliphatic carbocycles. The van der Waals surface area contributed by atoms with E-state index >= 15 is 0 Å². The molecule has 0 saturated heterocycles. The van der Waals surface area contributed by atoms with Crippen molar-refractivity contribution in [3.8, 4) is 0 Å². The van der Waals surface area contributed by atoms with Gasteiger partial charge in [-0.2, -0.15) is 0 Å². The minimum Gasteiger partial charge on any atom is -0.461 e. The predicted molar refractivity (Wildman–Crippen MR) is 95.7 cm³/mol. The van der Waals surface area contributed by atoms with E-state index in [9.17, 15) is 9.59 Å². The summed E-state index contributed by atoms with van der Waals surface area (Å²) < 4.78 is 10.9. The largest absolute Gasteiger partial charge is 0.461 e. The maximum absolute atomic E-state index is 12.4. The van der Waals surface area contributed by atoms with E-state index in [1.807, 2.05) is 60.7 Å². The van der Waals surface area contributed by atoms with Gasteiger partial charge >= 0.3 is 11.9 Å². The fraction of sp³-hybridized carbons (Fsp3) is 0.364. The topological polar surface area (TPSA) is 52.6 Å². The van der Waals surface area contributed by atoms with E-state index < -0.39 is 0 Å². The van der Waals surface area contributed by atoms with Gasteiger partial charge in [0.1, 0.15) is 13.2 Å². The molecule has 0 N–H and O–H groups in total. The summed E-state index contributed by atoms with van der Waals surface area (Å²) in [7, 11) is 0. The monoisotopic (exact) mass is 350 g/mol. The van der Waals surface area contributed by atoms with Crippen LogP contribution >= 0.6 is 0 Å². The van der Waals surface area contributed by atoms with Crippen molar-refractivity contribution >= 4 is 11.9 Å². The molecule has 0 aromatic heterocycles. The normalized spacial score (nSPS) is 26.0. The molecule has 4 rings (SSSR count). The van der Waals surface area contributed by atoms with E-state index in [1.165, 1.54) is 0 Å². The zero-order chi connectivity index (χ0) is 17.9. The van der Waals surface area contributed by atoms with Crippen LogP contribution in [0.2, 0.25) is 0 Å². The number of carbonyl (C=O) groups excluding carboxylic acids is 2. The number of hydrogen-bond donors (Lipinski definition) is 0. The van der Waals surface area contributed by atoms with Crippen molar-refractivity contribution in [1.29, 1.82) is 0 Å². The molecule has 4 atom stereocenters. The number of benzene rings is 2. The molecule has 2 aromatic carbocycles. The molecular weight excluding hydrogens is 328 g/mol. The van der Waals surface area contributed by atoms with Crippen molar-refractivity contribution in [2.24, 2.45) is 23.7 Å². The third kappa shape index (κ3) is 3.50. The molecular formula is C22H22O4. The van der Waals surface area contributed by atoms with E-state index in [2.05, 4.69) is 0 Å². The highest BCUT2D eigenvalue weighted by molar-refractivity contribution is 5.81. The van der Waals surface area contributed by atoms with E-state index in [-0.39, 0.29) is 42.2 Å². The molecule has 4 heteroatoms. The molecule has 0 heterocycles. The fourth-order valence-corrected chi connectivity index (χ4v) is 4.15. The second kappa shape index (κ2) is 7.32. The number of hydrogen-bond acceptors (Lipinski definition) is 4. The Labute approximate surface area is 153 Å². The van der Waals surface area contributed by atoms with Crippen LogP contribution in [0.5, 0.6) is 0 Å². The van der Waals surface area contributed by atoms with Crippen LogP contribution in [0.4, 0.5) is 0 Å². The van der Waals surface area contributed by atoms with Crippen LogP contribution in [0, 0.1) is 23.7 Å². The zero-order valence-corrected chi connectivity index (χ0v) is 14.5. The van der Waals surface area contributed by atoms with Gasteiger partial charge in [-0.25, -0.2) is 0 Å². The summed E-state index contributed by atoms with van der Waals surface area (Å²) in [6.07, 6.45) is 1.71. The molecule has 4 unspecified atom stereocenters. The molecule has 0 radical (unpaired) electrons. The quantitative estimate of drug-likeness (QED) is 0.745. The summed E-state index contributed by atoms with van der Waals surface area (Å²) in [4.78, 5) is 24.8. The molecule has 2 aliphatic rings. The highest BCUT2D eigenvalue weighted by atomic mass is 16.5. The Kier molecular flexibility index (Phi) is 4.74. The van der Waals surface area contributed by atoms with Crippen molar-refractivity contribution in [2.45, 2.75) is 26.1 Å². The lowest BCUT2D eigenvalue weighted by atomic mass is 10.00. The number of ether oxygens (including phenoxy) is 2. The lowest BCUT2D eigenvalue weighted by Gasteiger charge is -2.14. The van der Waals surface area contributed by atoms with Gasteiger partial charge in [0.05, 0.1) is 11.8 Å². The predicted octanol–water partition coefficient (Wildman–Crippen LogP) is 3.75. The first-order valence-electron chi connectivity index (χ1n) is 9.15. The van der Waals surface area contributed by atoms with Crippen LogP contribution in [0.25, 0.3) is 0 Å². The summed E-state index contributed by atoms with van der Waals surface area (Å²) in [5.74, 6) is -0.280. The second-order valence-corrected chi connectivity index (χ2v) is 7.14. The molecule has 134 valence electrons. The van der Waals surface area contributed by atoms with Gasteiger partial charge in [-0.3, -0.25) is 9.59 Å². The van der Waals surface area contributed by atoms with Gasteiger partial charge in [-0.05, 0) is 35.8 Å². The Balaban J connectivity index is 1.28. The Hall–Kier alpha value is -2.62. The minimum atomic E-state index is -0.181. The van der Waals surface area contributed by atoms with Crippen LogP contribution in [0.15, 0.2) is 60.7 Å². The average molecular weight is 350 g/mol. The van der Waals surface area contributed by atoms with Crippen LogP contribution in [0.3, 0.4) is 0 Å². The molecule has 2 saturated carbocycles. The zero-order valence-electron chi connectivity index (χ0n) is 14.5. The number of rotatable bonds is 6. The second-order valence-electron chi connectivity index (χ2n) is 7.14. The summed E-state index contributed by atoms with van der Waals surface area (Å²) in [5, 5.41) is 0. The highest BCUT2D eigenvalue weighted by Crippen LogP contribution is 2.61. The van der Waals surface area contributed by atoms with Gasteiger partial charge in [0, 0.05) is 0 Å². The Morgan fingerprint density at radius 1 is 0.769 bits per heavy atom. The van der Waals surface area contributed by atoms with Gasteiger partial charge in [-0.1, -0.05) is 60.7 Å². The summed E-state index contributed by atoms with van der Waals surface area (Å²) in [5.41, 5.74) is 1.95. The summed E-state index contributed by atoms with van der Waals surface area (Å²) in [6.45, 7) is 0.579. The fourth-order valence-electron chi connectivity index (χ4n) is 4.15. The third-order valence-corrected chi connectivity index (χ3v) is 5.53. The molecule has 2 aromatic rings. The van der Waals surface area contributed by atoms with E-state index in [0.717, 1.165) is 24.0 Å². The number of esters is 2. The molecule has 0 amide bonds. The SMILES string of the molecule is O=C(OCc1ccccc1)C1CCC2C(C(=O)OCc3ccccc3)C12. The van der Waals surface area contributed by atoms with Crippen molar-refractivity contribution < 1.29 is 19.1 Å². The molecule has 26 heavy (non-hydrogen) atoms. The first kappa shape index (κ1) is 16.8. The van der Waals surface area contributed by atoms with Gasteiger partial charge in [0.15, 0.2) is 0 Å². The number of fused-ring (bicyclic) bond motifs is 1. The van der Waals surface area contributed by atoms with E-state index in [4.69, 9.17) is 9.47 Å². The van der Waals surface area contributed by atoms with E-state index in [0.29, 0.717) is 6.61 Å². The molecule has 0 spiro atoms. The van der Waals surface area contributed by atoms with Crippen molar-refractivity contribution in [2.75, 3.05) is 0 Å². The van der Waals surface area contributed by atoms with Gasteiger partial charge in [-0.15, -0.1) is 0 Å². The maximum atomic E-state index is 12.4. The molecule has 0 aliphatic heterocycles. The Morgan fingerprint density at radius 2 is 1.31 bits per heavy atom. The maximum Gasteiger partial charge on any atom is 0.309 e. The lowest BCUT2D eigenvalue weighted by molar-refractivity contribution is -0.152. The summed E-state index contributed by atoms with van der Waals surface area (Å²) >= 11 is 0. The van der Waals surface area contributed by atoms with Crippen molar-refractivity contribution in [1.82, 2.24) is 0 Å². The Morgan fingerprint density at radius 3 is 1.88 bits per heavy atom. The van der Waals surface area contributed by atoms with Gasteiger partial charge < -0.3 is 9.47 Å². The van der Waals surface area contributed by atoms with E-state index in [1.54, 1.807) is 0 Å². The van der Waals surface area contributed by atoms with Crippen molar-refractivity contribution in [3.63, 3.8) is 0 Å². The highest BCUT2D eigenvalue weighted by Gasteiger charge is 2.64. The van der Waals surface area contributed by atoms with Crippen LogP contribution in [0.1, 0.15) is 24.0 Å². The van der Waals surface area contributed by atoms with Crippen LogP contribution < -0.4 is 0 Å². The smallest absolute Gasteiger partial charge is 0.309 e. The van der Waals surface area contributed by atoms with Gasteiger partial charge in [0.25, 0.3) is 0 Å². The molecule has 2 fully saturated rings. The molecule has 4 nitrogen and oxygen atoms in total. The summed E-state index contributed by atoms with van der Waals surface area (Å²) in [6, 6.07) is 19.3. The number of carbonyl (C=O) groups is 2.